The first-order valence-electron chi connectivity index (χ1n) is 7.64. The molecule has 1 radical (unpaired) electrons. The Hall–Kier alpha value is -1.29. The Bertz CT molecular complexity index is 587. The van der Waals surface area contributed by atoms with Gasteiger partial charge >= 0.3 is 62.2 Å². The van der Waals surface area contributed by atoms with E-state index in [-0.39, 0.29) is 23.3 Å². The van der Waals surface area contributed by atoms with Crippen molar-refractivity contribution in [2.24, 2.45) is 0 Å². The molecule has 0 fully saturated rings. The third-order valence-corrected chi connectivity index (χ3v) is 6.11. The van der Waals surface area contributed by atoms with Crippen LogP contribution in [0, 0.1) is 6.07 Å². The summed E-state index contributed by atoms with van der Waals surface area (Å²) in [5.74, 6) is 0.595. The summed E-state index contributed by atoms with van der Waals surface area (Å²) in [5.41, 5.74) is 1.68. The average Bonchev–Trinajstić information content (AvgIpc) is 2.48. The Morgan fingerprint density at radius 1 is 0.913 bits per heavy atom. The number of aromatic hydroxyl groups is 2. The molecule has 2 rings (SSSR count). The van der Waals surface area contributed by atoms with Crippen LogP contribution in [0.15, 0.2) is 18.7 Å². The number of phenolic OH excluding ortho intramolecular Hbond substituents is 2. The van der Waals surface area contributed by atoms with E-state index in [9.17, 15) is 10.2 Å². The molecule has 0 saturated carbocycles. The van der Waals surface area contributed by atoms with Gasteiger partial charge in [0.15, 0.2) is 0 Å². The van der Waals surface area contributed by atoms with Crippen molar-refractivity contribution in [3.05, 3.63) is 35.9 Å². The van der Waals surface area contributed by atoms with Gasteiger partial charge in [0.05, 0.1) is 6.07 Å². The fraction of sp³-hybridized carbons (Fsp3) is 0.471. The van der Waals surface area contributed by atoms with Crippen molar-refractivity contribution in [3.63, 3.8) is 0 Å². The van der Waals surface area contributed by atoms with Gasteiger partial charge in [0.25, 0.3) is 0 Å². The molecule has 0 spiro atoms. The van der Waals surface area contributed by atoms with Gasteiger partial charge in [0.2, 0.25) is 0 Å². The normalized spacial score (nSPS) is 10.4. The van der Waals surface area contributed by atoms with Crippen LogP contribution in [0.3, 0.4) is 0 Å². The average molecular weight is 395 g/mol. The summed E-state index contributed by atoms with van der Waals surface area (Å²) in [7, 11) is 0. The Kier molecular flexibility index (Phi) is 7.83. The van der Waals surface area contributed by atoms with Crippen LogP contribution in [-0.4, -0.2) is 25.2 Å². The van der Waals surface area contributed by atoms with Crippen molar-refractivity contribution >= 4 is 3.53 Å². The maximum absolute atomic E-state index is 9.55. The number of aromatic nitrogens is 3. The topological polar surface area (TPSA) is 79.1 Å². The van der Waals surface area contributed by atoms with Gasteiger partial charge in [-0.2, -0.15) is 0 Å². The molecule has 0 amide bonds. The van der Waals surface area contributed by atoms with Gasteiger partial charge in [0.1, 0.15) is 11.5 Å². The number of phenols is 2. The van der Waals surface area contributed by atoms with E-state index in [1.165, 1.54) is 0 Å². The summed E-state index contributed by atoms with van der Waals surface area (Å²) in [4.78, 5) is 11.8. The minimum absolute atomic E-state index is 0.0573. The Balaban J connectivity index is 0.000000253. The standard InChI is InChI=1S/C12H17O2.C3H2N3.2CH3.Zr/c1-7(2)9-5-10(8(3)4)12(14)6-11(9)13;1-4-2-6-3-5-1;;;/h5,7-8,13-14H,1-4H3;1-2H;2*1H3;. The summed E-state index contributed by atoms with van der Waals surface area (Å²) in [6.45, 7) is 8.02. The van der Waals surface area contributed by atoms with E-state index in [0.717, 1.165) is 14.7 Å². The molecular weight excluding hydrogens is 369 g/mol. The first-order valence-corrected chi connectivity index (χ1v) is 13.8. The SMILES string of the molecule is CC(C)c1cc(C(C)C)c(O)[c]c1O.[CH3][Zr]([CH3])[c]1ncncn1. The van der Waals surface area contributed by atoms with Crippen LogP contribution < -0.4 is 3.53 Å². The van der Waals surface area contributed by atoms with Crippen LogP contribution in [-0.2, 0) is 21.8 Å². The van der Waals surface area contributed by atoms with Crippen molar-refractivity contribution in [2.45, 2.75) is 48.8 Å². The zero-order chi connectivity index (χ0) is 17.6. The van der Waals surface area contributed by atoms with Gasteiger partial charge in [-0.1, -0.05) is 27.7 Å². The monoisotopic (exact) mass is 393 g/mol. The van der Waals surface area contributed by atoms with Crippen molar-refractivity contribution in [1.29, 1.82) is 0 Å². The molecule has 1 aromatic heterocycles. The van der Waals surface area contributed by atoms with Crippen molar-refractivity contribution in [2.75, 3.05) is 0 Å². The van der Waals surface area contributed by atoms with Crippen molar-refractivity contribution < 1.29 is 32.0 Å². The Morgan fingerprint density at radius 2 is 1.35 bits per heavy atom. The van der Waals surface area contributed by atoms with Gasteiger partial charge in [-0.15, -0.1) is 0 Å². The van der Waals surface area contributed by atoms with Crippen LogP contribution in [0.1, 0.15) is 50.7 Å². The summed E-state index contributed by atoms with van der Waals surface area (Å²) in [5, 5.41) is 19.1. The predicted molar refractivity (Wildman–Crippen MR) is 88.0 cm³/mol. The summed E-state index contributed by atoms with van der Waals surface area (Å²) in [6.07, 6.45) is 3.13. The molecule has 1 heterocycles. The molecule has 0 aliphatic carbocycles. The molecule has 2 N–H and O–H groups in total. The molecule has 23 heavy (non-hydrogen) atoms. The molecule has 2 aromatic rings. The van der Waals surface area contributed by atoms with Gasteiger partial charge in [-0.3, -0.25) is 0 Å². The molecule has 0 atom stereocenters. The molecule has 5 nitrogen and oxygen atoms in total. The van der Waals surface area contributed by atoms with Crippen molar-refractivity contribution in [3.8, 4) is 11.5 Å². The summed E-state index contributed by atoms with van der Waals surface area (Å²) >= 11 is -1.28. The molecule has 0 bridgehead atoms. The van der Waals surface area contributed by atoms with Gasteiger partial charge in [0, 0.05) is 0 Å². The van der Waals surface area contributed by atoms with E-state index in [1.54, 1.807) is 12.7 Å². The van der Waals surface area contributed by atoms with E-state index in [0.29, 0.717) is 0 Å². The number of hydrogen-bond donors (Lipinski definition) is 2. The summed E-state index contributed by atoms with van der Waals surface area (Å²) in [6, 6.07) is 4.44. The van der Waals surface area contributed by atoms with E-state index in [1.807, 2.05) is 33.8 Å². The molecule has 1 aromatic carbocycles. The zero-order valence-corrected chi connectivity index (χ0v) is 17.1. The van der Waals surface area contributed by atoms with E-state index < -0.39 is 21.8 Å². The zero-order valence-electron chi connectivity index (χ0n) is 14.6. The van der Waals surface area contributed by atoms with Crippen LogP contribution in [0.4, 0.5) is 0 Å². The molecule has 0 aliphatic heterocycles. The third-order valence-electron chi connectivity index (χ3n) is 3.28. The second-order valence-corrected chi connectivity index (χ2v) is 12.2. The first-order chi connectivity index (χ1) is 10.7. The fourth-order valence-corrected chi connectivity index (χ4v) is 3.49. The van der Waals surface area contributed by atoms with Gasteiger partial charge in [-0.25, -0.2) is 0 Å². The van der Waals surface area contributed by atoms with Crippen LogP contribution in [0.2, 0.25) is 9.26 Å². The molecule has 0 saturated heterocycles. The molecular formula is C17H25N3O2Zr. The molecule has 124 valence electrons. The fourth-order valence-electron chi connectivity index (χ4n) is 1.94. The molecule has 0 unspecified atom stereocenters. The number of hydrogen-bond acceptors (Lipinski definition) is 5. The number of nitrogens with zero attached hydrogens (tertiary/aromatic N) is 3. The first kappa shape index (κ1) is 19.8. The Labute approximate surface area is 146 Å². The number of rotatable bonds is 3. The van der Waals surface area contributed by atoms with Gasteiger partial charge < -0.3 is 10.2 Å². The van der Waals surface area contributed by atoms with Crippen LogP contribution in [0.5, 0.6) is 11.5 Å². The summed E-state index contributed by atoms with van der Waals surface area (Å²) < 4.78 is 5.54. The molecule has 6 heteroatoms. The second-order valence-electron chi connectivity index (χ2n) is 6.15. The maximum atomic E-state index is 9.55. The van der Waals surface area contributed by atoms with Gasteiger partial charge in [-0.05, 0) is 29.0 Å². The Morgan fingerprint density at radius 3 is 1.65 bits per heavy atom. The quantitative estimate of drug-likeness (QED) is 0.834. The van der Waals surface area contributed by atoms with E-state index >= 15 is 0 Å². The second kappa shape index (κ2) is 9.12. The third kappa shape index (κ3) is 6.02. The number of benzene rings is 1. The minimum atomic E-state index is -1.28. The molecule has 0 aliphatic rings. The van der Waals surface area contributed by atoms with Crippen LogP contribution >= 0.6 is 0 Å². The van der Waals surface area contributed by atoms with Crippen LogP contribution in [0.25, 0.3) is 0 Å². The van der Waals surface area contributed by atoms with E-state index in [4.69, 9.17) is 0 Å². The van der Waals surface area contributed by atoms with Crippen molar-refractivity contribution in [1.82, 2.24) is 15.0 Å². The predicted octanol–water partition coefficient (Wildman–Crippen LogP) is 3.36. The van der Waals surface area contributed by atoms with E-state index in [2.05, 4.69) is 30.3 Å².